The molecule has 0 saturated heterocycles. The van der Waals surface area contributed by atoms with Crippen molar-refractivity contribution in [3.05, 3.63) is 62.5 Å². The van der Waals surface area contributed by atoms with Crippen molar-refractivity contribution in [1.82, 2.24) is 20.4 Å². The molecule has 0 unspecified atom stereocenters. The summed E-state index contributed by atoms with van der Waals surface area (Å²) in [5.41, 5.74) is 1.66. The quantitative estimate of drug-likeness (QED) is 0.180. The lowest BCUT2D eigenvalue weighted by atomic mass is 10.1. The van der Waals surface area contributed by atoms with Crippen LogP contribution < -0.4 is 24.3 Å². The van der Waals surface area contributed by atoms with E-state index in [0.717, 1.165) is 46.8 Å². The molecule has 2 heterocycles. The number of carbonyl (C=O) groups excluding carboxylic acids is 2. The molecule has 4 aromatic rings. The van der Waals surface area contributed by atoms with Crippen LogP contribution in [0.4, 0.5) is 5.13 Å². The summed E-state index contributed by atoms with van der Waals surface area (Å²) in [6, 6.07) is 10.9. The highest BCUT2D eigenvalue weighted by molar-refractivity contribution is 7.15. The molecule has 42 heavy (non-hydrogen) atoms. The van der Waals surface area contributed by atoms with Gasteiger partial charge in [-0.15, -0.1) is 31.7 Å². The Morgan fingerprint density at radius 1 is 0.643 bits per heavy atom. The summed E-state index contributed by atoms with van der Waals surface area (Å²) >= 11 is 2.84. The first-order chi connectivity index (χ1) is 20.4. The number of ketones is 1. The van der Waals surface area contributed by atoms with Gasteiger partial charge in [-0.3, -0.25) is 9.59 Å². The van der Waals surface area contributed by atoms with Crippen LogP contribution in [0, 0.1) is 0 Å². The van der Waals surface area contributed by atoms with E-state index in [0.29, 0.717) is 33.1 Å². The van der Waals surface area contributed by atoms with E-state index in [-0.39, 0.29) is 31.0 Å². The molecule has 4 rings (SSSR count). The normalized spacial score (nSPS) is 10.8. The van der Waals surface area contributed by atoms with Crippen molar-refractivity contribution < 1.29 is 28.5 Å². The fraction of sp³-hybridized carbons (Fsp3) is 0.379. The number of methoxy groups -OCH3 is 4. The SMILES string of the molecule is COc1ccc(CC(=O)Cc2nnc(CCCCc3nnc(NC(=O)Cc4ccc(OC)c(OC)c4)s3)s2)cc1OC. The maximum absolute atomic E-state index is 12.6. The number of rotatable bonds is 16. The Morgan fingerprint density at radius 3 is 1.76 bits per heavy atom. The molecule has 0 spiro atoms. The summed E-state index contributed by atoms with van der Waals surface area (Å²) in [5, 5.41) is 22.5. The number of carbonyl (C=O) groups is 2. The molecule has 0 bridgehead atoms. The van der Waals surface area contributed by atoms with Crippen molar-refractivity contribution in [1.29, 1.82) is 0 Å². The van der Waals surface area contributed by atoms with Crippen molar-refractivity contribution in [2.75, 3.05) is 33.8 Å². The van der Waals surface area contributed by atoms with E-state index in [9.17, 15) is 9.59 Å². The van der Waals surface area contributed by atoms with Gasteiger partial charge in [0.15, 0.2) is 23.0 Å². The number of nitrogens with one attached hydrogen (secondary N) is 1. The summed E-state index contributed by atoms with van der Waals surface area (Å²) in [6.45, 7) is 0. The molecule has 0 aliphatic carbocycles. The molecule has 222 valence electrons. The molecule has 2 aromatic heterocycles. The van der Waals surface area contributed by atoms with Crippen molar-refractivity contribution in [2.45, 2.75) is 44.9 Å². The molecule has 1 amide bonds. The number of benzene rings is 2. The largest absolute Gasteiger partial charge is 0.493 e. The molecule has 0 radical (unpaired) electrons. The first kappa shape index (κ1) is 30.8. The summed E-state index contributed by atoms with van der Waals surface area (Å²) in [7, 11) is 6.27. The topological polar surface area (TPSA) is 135 Å². The van der Waals surface area contributed by atoms with E-state index in [1.54, 1.807) is 46.6 Å². The molecule has 11 nitrogen and oxygen atoms in total. The summed E-state index contributed by atoms with van der Waals surface area (Å²) < 4.78 is 21.1. The van der Waals surface area contributed by atoms with Crippen LogP contribution in [0.15, 0.2) is 36.4 Å². The Bertz CT molecular complexity index is 1390. The average Bonchev–Trinajstić information content (AvgIpc) is 3.63. The van der Waals surface area contributed by atoms with Gasteiger partial charge in [-0.1, -0.05) is 23.5 Å². The highest BCUT2D eigenvalue weighted by Gasteiger charge is 2.14. The van der Waals surface area contributed by atoms with Gasteiger partial charge < -0.3 is 24.3 Å². The van der Waals surface area contributed by atoms with Crippen LogP contribution in [0.3, 0.4) is 0 Å². The minimum absolute atomic E-state index is 0.0628. The molecule has 0 aliphatic rings. The number of hydrogen-bond donors (Lipinski definition) is 1. The van der Waals surface area contributed by atoms with Gasteiger partial charge in [0, 0.05) is 19.3 Å². The van der Waals surface area contributed by atoms with E-state index in [1.165, 1.54) is 22.7 Å². The molecular formula is C29H33N5O6S2. The number of Topliss-reactive ketones (excluding diaryl/α,β-unsaturated/α-hetero) is 1. The Kier molecular flexibility index (Phi) is 11.2. The average molecular weight is 612 g/mol. The Labute approximate surface area is 252 Å². The van der Waals surface area contributed by atoms with Crippen LogP contribution in [0.25, 0.3) is 0 Å². The number of amides is 1. The number of aromatic nitrogens is 4. The van der Waals surface area contributed by atoms with Crippen molar-refractivity contribution in [2.24, 2.45) is 0 Å². The van der Waals surface area contributed by atoms with E-state index in [4.69, 9.17) is 18.9 Å². The molecule has 0 atom stereocenters. The van der Waals surface area contributed by atoms with Crippen LogP contribution in [0.2, 0.25) is 0 Å². The molecule has 0 aliphatic heterocycles. The van der Waals surface area contributed by atoms with Crippen molar-refractivity contribution >= 4 is 39.5 Å². The van der Waals surface area contributed by atoms with E-state index in [2.05, 4.69) is 25.7 Å². The standard InChI is InChI=1S/C29H33N5O6S2/c1-37-21-11-9-18(14-23(21)39-3)13-20(35)17-28-33-31-26(41-28)7-5-6-8-27-32-34-29(42-27)30-25(36)16-19-10-12-22(38-2)24(15-19)40-4/h9-12,14-15H,5-8,13,16-17H2,1-4H3,(H,30,34,36). The molecule has 0 fully saturated rings. The summed E-state index contributed by atoms with van der Waals surface area (Å²) in [5.74, 6) is 2.29. The lowest BCUT2D eigenvalue weighted by Crippen LogP contribution is -2.14. The van der Waals surface area contributed by atoms with Crippen molar-refractivity contribution in [3.63, 3.8) is 0 Å². The summed E-state index contributed by atoms with van der Waals surface area (Å²) in [6.07, 6.45) is 4.03. The maximum atomic E-state index is 12.6. The highest BCUT2D eigenvalue weighted by atomic mass is 32.1. The highest BCUT2D eigenvalue weighted by Crippen LogP contribution is 2.29. The predicted molar refractivity (Wildman–Crippen MR) is 160 cm³/mol. The Balaban J connectivity index is 1.17. The second-order valence-electron chi connectivity index (χ2n) is 9.29. The van der Waals surface area contributed by atoms with Gasteiger partial charge in [-0.2, -0.15) is 0 Å². The third-order valence-corrected chi connectivity index (χ3v) is 8.14. The second kappa shape index (κ2) is 15.2. The minimum Gasteiger partial charge on any atom is -0.493 e. The summed E-state index contributed by atoms with van der Waals surface area (Å²) in [4.78, 5) is 25.1. The van der Waals surface area contributed by atoms with Crippen LogP contribution in [0.5, 0.6) is 23.0 Å². The number of nitrogens with zero attached hydrogens (tertiary/aromatic N) is 4. The smallest absolute Gasteiger partial charge is 0.230 e. The second-order valence-corrected chi connectivity index (χ2v) is 11.5. The first-order valence-electron chi connectivity index (χ1n) is 13.3. The van der Waals surface area contributed by atoms with E-state index >= 15 is 0 Å². The lowest BCUT2D eigenvalue weighted by molar-refractivity contribution is -0.118. The molecule has 2 aromatic carbocycles. The number of hydrogen-bond acceptors (Lipinski definition) is 12. The number of aryl methyl sites for hydroxylation is 2. The molecular weight excluding hydrogens is 578 g/mol. The number of anilines is 1. The van der Waals surface area contributed by atoms with Crippen LogP contribution in [-0.2, 0) is 41.7 Å². The van der Waals surface area contributed by atoms with Gasteiger partial charge in [0.2, 0.25) is 11.0 Å². The van der Waals surface area contributed by atoms with E-state index < -0.39 is 0 Å². The van der Waals surface area contributed by atoms with Gasteiger partial charge >= 0.3 is 0 Å². The van der Waals surface area contributed by atoms with Gasteiger partial charge in [0.05, 0.1) is 41.3 Å². The minimum atomic E-state index is -0.181. The van der Waals surface area contributed by atoms with Gasteiger partial charge in [0.1, 0.15) is 20.8 Å². The fourth-order valence-corrected chi connectivity index (χ4v) is 5.92. The zero-order valence-corrected chi connectivity index (χ0v) is 25.6. The molecule has 1 N–H and O–H groups in total. The Hall–Kier alpha value is -4.10. The van der Waals surface area contributed by atoms with Crippen LogP contribution in [-0.4, -0.2) is 60.5 Å². The van der Waals surface area contributed by atoms with Gasteiger partial charge in [0.25, 0.3) is 0 Å². The van der Waals surface area contributed by atoms with Gasteiger partial charge in [-0.05, 0) is 48.2 Å². The number of unbranched alkanes of at least 4 members (excludes halogenated alkanes) is 1. The first-order valence-corrected chi connectivity index (χ1v) is 14.9. The van der Waals surface area contributed by atoms with Gasteiger partial charge in [-0.25, -0.2) is 0 Å². The molecule has 13 heteroatoms. The Morgan fingerprint density at radius 2 is 1.17 bits per heavy atom. The zero-order valence-electron chi connectivity index (χ0n) is 24.0. The maximum Gasteiger partial charge on any atom is 0.230 e. The van der Waals surface area contributed by atoms with Crippen LogP contribution >= 0.6 is 22.7 Å². The fourth-order valence-electron chi connectivity index (χ4n) is 4.21. The lowest BCUT2D eigenvalue weighted by Gasteiger charge is -2.09. The monoisotopic (exact) mass is 611 g/mol. The predicted octanol–water partition coefficient (Wildman–Crippen LogP) is 4.52. The third-order valence-electron chi connectivity index (χ3n) is 6.26. The number of ether oxygens (including phenoxy) is 4. The van der Waals surface area contributed by atoms with Crippen LogP contribution in [0.1, 0.15) is 39.0 Å². The zero-order chi connectivity index (χ0) is 29.9. The third kappa shape index (κ3) is 8.70. The van der Waals surface area contributed by atoms with E-state index in [1.807, 2.05) is 18.2 Å². The molecule has 0 saturated carbocycles. The van der Waals surface area contributed by atoms with Crippen molar-refractivity contribution in [3.8, 4) is 23.0 Å².